The molecule has 2 atom stereocenters. The zero-order valence-electron chi connectivity index (χ0n) is 14.3. The van der Waals surface area contributed by atoms with Gasteiger partial charge in [-0.15, -0.1) is 0 Å². The summed E-state index contributed by atoms with van der Waals surface area (Å²) in [6, 6.07) is 6.07. The smallest absolute Gasteiger partial charge is 0.227 e. The zero-order valence-corrected chi connectivity index (χ0v) is 14.3. The molecule has 2 aliphatic rings. The number of hydrogen-bond donors (Lipinski definition) is 0. The van der Waals surface area contributed by atoms with Gasteiger partial charge in [0, 0.05) is 44.4 Å². The van der Waals surface area contributed by atoms with E-state index in [4.69, 9.17) is 0 Å². The average molecular weight is 337 g/mol. The SMILES string of the molecule is O=C([C@H]1CCCN(c2ncccn2)C1)N1CCC[C@@H]1c1ccncc1. The lowest BCUT2D eigenvalue weighted by molar-refractivity contribution is -0.136. The lowest BCUT2D eigenvalue weighted by Gasteiger charge is -2.35. The van der Waals surface area contributed by atoms with Crippen molar-refractivity contribution in [2.75, 3.05) is 24.5 Å². The van der Waals surface area contributed by atoms with Crippen molar-refractivity contribution in [3.05, 3.63) is 48.5 Å². The molecule has 130 valence electrons. The number of likely N-dealkylation sites (tertiary alicyclic amines) is 1. The fourth-order valence-electron chi connectivity index (χ4n) is 4.01. The molecular weight excluding hydrogens is 314 g/mol. The van der Waals surface area contributed by atoms with Crippen molar-refractivity contribution in [2.24, 2.45) is 5.92 Å². The Bertz CT molecular complexity index is 708. The summed E-state index contributed by atoms with van der Waals surface area (Å²) in [7, 11) is 0. The molecule has 0 aromatic carbocycles. The van der Waals surface area contributed by atoms with Crippen molar-refractivity contribution in [3.63, 3.8) is 0 Å². The third-order valence-corrected chi connectivity index (χ3v) is 5.23. The summed E-state index contributed by atoms with van der Waals surface area (Å²) < 4.78 is 0. The van der Waals surface area contributed by atoms with Gasteiger partial charge < -0.3 is 9.80 Å². The molecule has 2 saturated heterocycles. The third kappa shape index (κ3) is 3.34. The molecule has 1 amide bonds. The van der Waals surface area contributed by atoms with Crippen molar-refractivity contribution in [3.8, 4) is 0 Å². The van der Waals surface area contributed by atoms with Gasteiger partial charge in [0.25, 0.3) is 0 Å². The highest BCUT2D eigenvalue weighted by molar-refractivity contribution is 5.80. The van der Waals surface area contributed by atoms with Crippen LogP contribution in [0.5, 0.6) is 0 Å². The van der Waals surface area contributed by atoms with E-state index in [9.17, 15) is 4.79 Å². The summed E-state index contributed by atoms with van der Waals surface area (Å²) >= 11 is 0. The van der Waals surface area contributed by atoms with E-state index in [1.54, 1.807) is 12.4 Å². The number of carbonyl (C=O) groups excluding carboxylic acids is 1. The Morgan fingerprint density at radius 1 is 1.00 bits per heavy atom. The first-order valence-corrected chi connectivity index (χ1v) is 9.05. The number of piperidine rings is 1. The van der Waals surface area contributed by atoms with Crippen molar-refractivity contribution >= 4 is 11.9 Å². The fraction of sp³-hybridized carbons (Fsp3) is 0.474. The molecule has 6 nitrogen and oxygen atoms in total. The van der Waals surface area contributed by atoms with Gasteiger partial charge in [-0.05, 0) is 49.4 Å². The number of anilines is 1. The molecule has 2 aromatic heterocycles. The van der Waals surface area contributed by atoms with Crippen LogP contribution in [-0.4, -0.2) is 45.4 Å². The van der Waals surface area contributed by atoms with Crippen LogP contribution in [0.1, 0.15) is 37.3 Å². The van der Waals surface area contributed by atoms with E-state index in [1.807, 2.05) is 30.6 Å². The van der Waals surface area contributed by atoms with Gasteiger partial charge in [-0.2, -0.15) is 0 Å². The summed E-state index contributed by atoms with van der Waals surface area (Å²) in [5.41, 5.74) is 1.19. The van der Waals surface area contributed by atoms with Gasteiger partial charge in [0.05, 0.1) is 12.0 Å². The molecule has 4 heterocycles. The Labute approximate surface area is 147 Å². The van der Waals surface area contributed by atoms with Crippen molar-refractivity contribution in [2.45, 2.75) is 31.7 Å². The second-order valence-electron chi connectivity index (χ2n) is 6.80. The summed E-state index contributed by atoms with van der Waals surface area (Å²) in [5, 5.41) is 0. The minimum absolute atomic E-state index is 0.0278. The summed E-state index contributed by atoms with van der Waals surface area (Å²) in [4.78, 5) is 30.2. The highest BCUT2D eigenvalue weighted by Crippen LogP contribution is 2.34. The van der Waals surface area contributed by atoms with E-state index < -0.39 is 0 Å². The maximum absolute atomic E-state index is 13.2. The van der Waals surface area contributed by atoms with E-state index in [2.05, 4.69) is 24.8 Å². The zero-order chi connectivity index (χ0) is 17.1. The van der Waals surface area contributed by atoms with Crippen LogP contribution >= 0.6 is 0 Å². The number of nitrogens with zero attached hydrogens (tertiary/aromatic N) is 5. The van der Waals surface area contributed by atoms with Gasteiger partial charge in [-0.25, -0.2) is 9.97 Å². The summed E-state index contributed by atoms with van der Waals surface area (Å²) in [6.45, 7) is 2.48. The molecule has 0 aliphatic carbocycles. The van der Waals surface area contributed by atoms with E-state index in [0.29, 0.717) is 6.54 Å². The van der Waals surface area contributed by atoms with E-state index in [0.717, 1.165) is 44.7 Å². The quantitative estimate of drug-likeness (QED) is 0.861. The molecule has 4 rings (SSSR count). The molecule has 2 aliphatic heterocycles. The highest BCUT2D eigenvalue weighted by Gasteiger charge is 2.36. The highest BCUT2D eigenvalue weighted by atomic mass is 16.2. The van der Waals surface area contributed by atoms with Gasteiger partial charge in [-0.3, -0.25) is 9.78 Å². The molecule has 0 N–H and O–H groups in total. The number of amides is 1. The fourth-order valence-corrected chi connectivity index (χ4v) is 4.01. The molecule has 0 unspecified atom stereocenters. The minimum atomic E-state index is 0.0278. The van der Waals surface area contributed by atoms with Crippen LogP contribution in [0.3, 0.4) is 0 Å². The van der Waals surface area contributed by atoms with Gasteiger partial charge in [0.1, 0.15) is 0 Å². The number of hydrogen-bond acceptors (Lipinski definition) is 5. The predicted molar refractivity (Wildman–Crippen MR) is 94.9 cm³/mol. The molecule has 6 heteroatoms. The Morgan fingerprint density at radius 2 is 1.76 bits per heavy atom. The van der Waals surface area contributed by atoms with Crippen LogP contribution in [0.4, 0.5) is 5.95 Å². The van der Waals surface area contributed by atoms with Crippen LogP contribution in [0.2, 0.25) is 0 Å². The third-order valence-electron chi connectivity index (χ3n) is 5.23. The van der Waals surface area contributed by atoms with Gasteiger partial charge in [0.2, 0.25) is 11.9 Å². The van der Waals surface area contributed by atoms with Crippen LogP contribution in [0.15, 0.2) is 43.0 Å². The lowest BCUT2D eigenvalue weighted by atomic mass is 9.95. The molecule has 0 spiro atoms. The first-order chi connectivity index (χ1) is 12.3. The van der Waals surface area contributed by atoms with E-state index >= 15 is 0 Å². The molecular formula is C19H23N5O. The number of carbonyl (C=O) groups is 1. The van der Waals surface area contributed by atoms with Gasteiger partial charge in [-0.1, -0.05) is 0 Å². The van der Waals surface area contributed by atoms with Crippen molar-refractivity contribution in [1.29, 1.82) is 0 Å². The Morgan fingerprint density at radius 3 is 2.56 bits per heavy atom. The Hall–Kier alpha value is -2.50. The van der Waals surface area contributed by atoms with Crippen LogP contribution < -0.4 is 4.90 Å². The number of aromatic nitrogens is 3. The molecule has 2 aromatic rings. The summed E-state index contributed by atoms with van der Waals surface area (Å²) in [6.07, 6.45) is 11.2. The van der Waals surface area contributed by atoms with E-state index in [1.165, 1.54) is 5.56 Å². The monoisotopic (exact) mass is 337 g/mol. The minimum Gasteiger partial charge on any atom is -0.340 e. The average Bonchev–Trinajstić information content (AvgIpc) is 3.19. The number of rotatable bonds is 3. The summed E-state index contributed by atoms with van der Waals surface area (Å²) in [5.74, 6) is 1.03. The van der Waals surface area contributed by atoms with Crippen LogP contribution in [-0.2, 0) is 4.79 Å². The van der Waals surface area contributed by atoms with E-state index in [-0.39, 0.29) is 17.9 Å². The standard InChI is InChI=1S/C19H23N5O/c25-18(24-13-2-5-17(24)15-6-10-20-11-7-15)16-4-1-12-23(14-16)19-21-8-3-9-22-19/h3,6-11,16-17H,1-2,4-5,12-14H2/t16-,17+/m0/s1. The largest absolute Gasteiger partial charge is 0.340 e. The molecule has 25 heavy (non-hydrogen) atoms. The van der Waals surface area contributed by atoms with Gasteiger partial charge >= 0.3 is 0 Å². The van der Waals surface area contributed by atoms with Crippen molar-refractivity contribution in [1.82, 2.24) is 19.9 Å². The molecule has 0 saturated carbocycles. The normalized spacial score (nSPS) is 23.7. The van der Waals surface area contributed by atoms with Crippen LogP contribution in [0.25, 0.3) is 0 Å². The topological polar surface area (TPSA) is 62.2 Å². The van der Waals surface area contributed by atoms with Crippen molar-refractivity contribution < 1.29 is 4.79 Å². The predicted octanol–water partition coefficient (Wildman–Crippen LogP) is 2.45. The molecule has 0 bridgehead atoms. The maximum atomic E-state index is 13.2. The second-order valence-corrected chi connectivity index (χ2v) is 6.80. The maximum Gasteiger partial charge on any atom is 0.227 e. The van der Waals surface area contributed by atoms with Crippen LogP contribution in [0, 0.1) is 5.92 Å². The first kappa shape index (κ1) is 16.0. The first-order valence-electron chi connectivity index (χ1n) is 9.05. The lowest BCUT2D eigenvalue weighted by Crippen LogP contribution is -2.45. The second kappa shape index (κ2) is 7.17. The molecule has 0 radical (unpaired) electrons. The molecule has 2 fully saturated rings. The number of pyridine rings is 1. The Kier molecular flexibility index (Phi) is 4.59. The Balaban J connectivity index is 1.48. The van der Waals surface area contributed by atoms with Gasteiger partial charge in [0.15, 0.2) is 0 Å².